The number of rotatable bonds is 3. The molecule has 2 rings (SSSR count). The SMILES string of the molecule is Cc1cc(C)c([N+](=O)[O-])c(Oc2cccc(C(F)(F)F)c2)c1. The van der Waals surface area contributed by atoms with Crippen LogP contribution in [0.1, 0.15) is 16.7 Å². The van der Waals surface area contributed by atoms with Crippen molar-refractivity contribution in [2.75, 3.05) is 0 Å². The molecule has 0 unspecified atom stereocenters. The predicted molar refractivity (Wildman–Crippen MR) is 74.1 cm³/mol. The summed E-state index contributed by atoms with van der Waals surface area (Å²) in [4.78, 5) is 10.5. The van der Waals surface area contributed by atoms with Gasteiger partial charge in [0, 0.05) is 5.56 Å². The van der Waals surface area contributed by atoms with Gasteiger partial charge in [-0.3, -0.25) is 10.1 Å². The Morgan fingerprint density at radius 1 is 1.14 bits per heavy atom. The first kappa shape index (κ1) is 15.8. The van der Waals surface area contributed by atoms with Crippen LogP contribution in [0.5, 0.6) is 11.5 Å². The summed E-state index contributed by atoms with van der Waals surface area (Å²) < 4.78 is 43.4. The van der Waals surface area contributed by atoms with Gasteiger partial charge in [0.15, 0.2) is 0 Å². The molecule has 0 saturated carbocycles. The summed E-state index contributed by atoms with van der Waals surface area (Å²) in [6, 6.07) is 7.25. The molecule has 0 saturated heterocycles. The van der Waals surface area contributed by atoms with Gasteiger partial charge in [-0.05, 0) is 49.7 Å². The van der Waals surface area contributed by atoms with E-state index in [9.17, 15) is 23.3 Å². The van der Waals surface area contributed by atoms with E-state index in [1.807, 2.05) is 0 Å². The molecule has 0 N–H and O–H groups in total. The molecule has 0 aliphatic carbocycles. The van der Waals surface area contributed by atoms with Crippen molar-refractivity contribution < 1.29 is 22.8 Å². The molecule has 0 radical (unpaired) electrons. The Hall–Kier alpha value is -2.57. The predicted octanol–water partition coefficient (Wildman–Crippen LogP) is 5.02. The second-order valence-electron chi connectivity index (χ2n) is 4.81. The average molecular weight is 311 g/mol. The van der Waals surface area contributed by atoms with E-state index in [-0.39, 0.29) is 17.2 Å². The number of aryl methyl sites for hydroxylation is 2. The van der Waals surface area contributed by atoms with Crippen molar-refractivity contribution in [3.05, 3.63) is 63.2 Å². The molecule has 7 heteroatoms. The molecular weight excluding hydrogens is 299 g/mol. The van der Waals surface area contributed by atoms with E-state index < -0.39 is 16.7 Å². The highest BCUT2D eigenvalue weighted by Gasteiger charge is 2.31. The van der Waals surface area contributed by atoms with Crippen LogP contribution in [0.2, 0.25) is 0 Å². The molecule has 0 heterocycles. The van der Waals surface area contributed by atoms with Crippen molar-refractivity contribution in [3.8, 4) is 11.5 Å². The molecule has 116 valence electrons. The van der Waals surface area contributed by atoms with E-state index >= 15 is 0 Å². The van der Waals surface area contributed by atoms with Gasteiger partial charge in [-0.15, -0.1) is 0 Å². The van der Waals surface area contributed by atoms with Gasteiger partial charge in [0.2, 0.25) is 5.75 Å². The molecule has 0 spiro atoms. The van der Waals surface area contributed by atoms with Gasteiger partial charge in [-0.25, -0.2) is 0 Å². The zero-order valence-corrected chi connectivity index (χ0v) is 11.8. The lowest BCUT2D eigenvalue weighted by atomic mass is 10.1. The maximum absolute atomic E-state index is 12.7. The lowest BCUT2D eigenvalue weighted by molar-refractivity contribution is -0.386. The third kappa shape index (κ3) is 3.36. The third-order valence-corrected chi connectivity index (χ3v) is 2.98. The third-order valence-electron chi connectivity index (χ3n) is 2.98. The minimum atomic E-state index is -4.51. The summed E-state index contributed by atoms with van der Waals surface area (Å²) in [6.45, 7) is 3.26. The van der Waals surface area contributed by atoms with Crippen LogP contribution in [0.3, 0.4) is 0 Å². The Morgan fingerprint density at radius 2 is 1.82 bits per heavy atom. The van der Waals surface area contributed by atoms with Gasteiger partial charge >= 0.3 is 11.9 Å². The molecule has 0 aliphatic rings. The summed E-state index contributed by atoms with van der Waals surface area (Å²) in [5.41, 5.74) is -0.0444. The van der Waals surface area contributed by atoms with Crippen LogP contribution in [0, 0.1) is 24.0 Å². The maximum Gasteiger partial charge on any atom is 0.416 e. The zero-order chi connectivity index (χ0) is 16.5. The first-order valence-corrected chi connectivity index (χ1v) is 6.29. The first-order chi connectivity index (χ1) is 10.2. The van der Waals surface area contributed by atoms with Gasteiger partial charge in [0.1, 0.15) is 5.75 Å². The number of hydrogen-bond donors (Lipinski definition) is 0. The summed E-state index contributed by atoms with van der Waals surface area (Å²) in [5.74, 6) is -0.190. The normalized spacial score (nSPS) is 11.3. The summed E-state index contributed by atoms with van der Waals surface area (Å²) in [7, 11) is 0. The number of hydrogen-bond acceptors (Lipinski definition) is 3. The number of alkyl halides is 3. The van der Waals surface area contributed by atoms with Crippen LogP contribution >= 0.6 is 0 Å². The fourth-order valence-corrected chi connectivity index (χ4v) is 2.10. The molecule has 0 amide bonds. The monoisotopic (exact) mass is 311 g/mol. The van der Waals surface area contributed by atoms with Gasteiger partial charge in [-0.2, -0.15) is 13.2 Å². The Balaban J connectivity index is 2.45. The van der Waals surface area contributed by atoms with E-state index in [0.29, 0.717) is 11.1 Å². The highest BCUT2D eigenvalue weighted by molar-refractivity contribution is 5.55. The Bertz CT molecular complexity index is 726. The fraction of sp³-hybridized carbons (Fsp3) is 0.200. The quantitative estimate of drug-likeness (QED) is 0.590. The molecule has 2 aromatic rings. The van der Waals surface area contributed by atoms with Crippen molar-refractivity contribution in [2.24, 2.45) is 0 Å². The van der Waals surface area contributed by atoms with Crippen molar-refractivity contribution in [1.29, 1.82) is 0 Å². The number of ether oxygens (including phenoxy) is 1. The van der Waals surface area contributed by atoms with Gasteiger partial charge < -0.3 is 4.74 Å². The number of benzene rings is 2. The summed E-state index contributed by atoms with van der Waals surface area (Å²) in [6.07, 6.45) is -4.51. The van der Waals surface area contributed by atoms with Crippen molar-refractivity contribution >= 4 is 5.69 Å². The lowest BCUT2D eigenvalue weighted by Crippen LogP contribution is -2.04. The van der Waals surface area contributed by atoms with Crippen molar-refractivity contribution in [2.45, 2.75) is 20.0 Å². The molecule has 22 heavy (non-hydrogen) atoms. The smallest absolute Gasteiger partial charge is 0.416 e. The lowest BCUT2D eigenvalue weighted by Gasteiger charge is -2.11. The first-order valence-electron chi connectivity index (χ1n) is 6.29. The maximum atomic E-state index is 12.7. The number of halogens is 3. The zero-order valence-electron chi connectivity index (χ0n) is 11.8. The highest BCUT2D eigenvalue weighted by atomic mass is 19.4. The summed E-state index contributed by atoms with van der Waals surface area (Å²) in [5, 5.41) is 11.1. The van der Waals surface area contributed by atoms with E-state index in [0.717, 1.165) is 12.1 Å². The minimum absolute atomic E-state index is 0.0816. The standard InChI is InChI=1S/C15H12F3NO3/c1-9-6-10(2)14(19(20)21)13(7-9)22-12-5-3-4-11(8-12)15(16,17)18/h3-8H,1-2H3. The topological polar surface area (TPSA) is 52.4 Å². The number of nitrogens with zero attached hydrogens (tertiary/aromatic N) is 1. The average Bonchev–Trinajstić information content (AvgIpc) is 2.36. The van der Waals surface area contributed by atoms with Crippen LogP contribution in [0.25, 0.3) is 0 Å². The fourth-order valence-electron chi connectivity index (χ4n) is 2.10. The van der Waals surface area contributed by atoms with Crippen LogP contribution in [-0.4, -0.2) is 4.92 Å². The minimum Gasteiger partial charge on any atom is -0.450 e. The Kier molecular flexibility index (Phi) is 4.07. The van der Waals surface area contributed by atoms with Crippen molar-refractivity contribution in [3.63, 3.8) is 0 Å². The number of nitro benzene ring substituents is 1. The van der Waals surface area contributed by atoms with E-state index in [1.54, 1.807) is 19.9 Å². The van der Waals surface area contributed by atoms with Crippen LogP contribution in [-0.2, 0) is 6.18 Å². The molecule has 0 aromatic heterocycles. The molecule has 0 atom stereocenters. The largest absolute Gasteiger partial charge is 0.450 e. The Morgan fingerprint density at radius 3 is 2.41 bits per heavy atom. The van der Waals surface area contributed by atoms with E-state index in [1.165, 1.54) is 18.2 Å². The molecule has 4 nitrogen and oxygen atoms in total. The molecule has 0 bridgehead atoms. The second kappa shape index (κ2) is 5.67. The highest BCUT2D eigenvalue weighted by Crippen LogP contribution is 2.37. The Labute approximate surface area is 124 Å². The van der Waals surface area contributed by atoms with Crippen LogP contribution < -0.4 is 4.74 Å². The number of nitro groups is 1. The van der Waals surface area contributed by atoms with Crippen LogP contribution in [0.15, 0.2) is 36.4 Å². The van der Waals surface area contributed by atoms with E-state index in [2.05, 4.69) is 0 Å². The molecule has 0 aliphatic heterocycles. The van der Waals surface area contributed by atoms with Gasteiger partial charge in [-0.1, -0.05) is 6.07 Å². The second-order valence-corrected chi connectivity index (χ2v) is 4.81. The summed E-state index contributed by atoms with van der Waals surface area (Å²) >= 11 is 0. The molecular formula is C15H12F3NO3. The molecule has 2 aromatic carbocycles. The molecule has 0 fully saturated rings. The van der Waals surface area contributed by atoms with Crippen LogP contribution in [0.4, 0.5) is 18.9 Å². The van der Waals surface area contributed by atoms with Gasteiger partial charge in [0.25, 0.3) is 0 Å². The van der Waals surface area contributed by atoms with Gasteiger partial charge in [0.05, 0.1) is 10.5 Å². The van der Waals surface area contributed by atoms with Crippen molar-refractivity contribution in [1.82, 2.24) is 0 Å². The van der Waals surface area contributed by atoms with E-state index in [4.69, 9.17) is 4.74 Å².